The fraction of sp³-hybridized carbons (Fsp3) is 0.650. The third-order valence-corrected chi connectivity index (χ3v) is 14.2. The predicted octanol–water partition coefficient (Wildman–Crippen LogP) is 4.30. The van der Waals surface area contributed by atoms with E-state index in [1.54, 1.807) is 0 Å². The summed E-state index contributed by atoms with van der Waals surface area (Å²) in [5.74, 6) is 0.517. The van der Waals surface area contributed by atoms with E-state index in [0.717, 1.165) is 0 Å². The first-order chi connectivity index (χ1) is 10.8. The Morgan fingerprint density at radius 2 is 1.71 bits per heavy atom. The number of carbonyl (C=O) groups is 1. The van der Waals surface area contributed by atoms with Gasteiger partial charge in [0.2, 0.25) is 0 Å². The zero-order chi connectivity index (χ0) is 18.3. The molecule has 0 aromatic heterocycles. The Morgan fingerprint density at radius 3 is 2.17 bits per heavy atom. The molecular formula is C20H32O2SeSi. The SMILES string of the molecule is CC(C)(C)OC(=O)[C@@H]1[C@H]([C@H]([Se]c2ccccc2)[Si](C)(C)C)C1(C)C. The second-order valence-electron chi connectivity index (χ2n) is 9.58. The van der Waals surface area contributed by atoms with Gasteiger partial charge in [-0.15, -0.1) is 0 Å². The number of hydrogen-bond acceptors (Lipinski definition) is 2. The molecule has 0 radical (unpaired) electrons. The van der Waals surface area contributed by atoms with Crippen LogP contribution in [0.25, 0.3) is 0 Å². The van der Waals surface area contributed by atoms with Crippen LogP contribution in [0.2, 0.25) is 24.1 Å². The molecule has 0 heterocycles. The molecule has 1 aliphatic carbocycles. The van der Waals surface area contributed by atoms with Crippen LogP contribution in [0.15, 0.2) is 30.3 Å². The van der Waals surface area contributed by atoms with Gasteiger partial charge in [0, 0.05) is 0 Å². The van der Waals surface area contributed by atoms with Crippen LogP contribution >= 0.6 is 0 Å². The molecule has 0 saturated heterocycles. The summed E-state index contributed by atoms with van der Waals surface area (Å²) in [7, 11) is -1.39. The number of ether oxygens (including phenoxy) is 1. The standard InChI is InChI=1S/C20H32O2SeSi/c1-19(2,3)22-17(21)15-16(20(15,4)5)18(24(6,7)8)23-14-12-10-9-11-13-14/h9-13,15-16,18H,1-8H3/t15-,16+,18+/m0/s1. The van der Waals surface area contributed by atoms with Gasteiger partial charge in [0.1, 0.15) is 0 Å². The zero-order valence-electron chi connectivity index (χ0n) is 16.3. The van der Waals surface area contributed by atoms with E-state index in [-0.39, 0.29) is 17.3 Å². The number of esters is 1. The Hall–Kier alpha value is -0.574. The molecule has 0 aliphatic heterocycles. The third-order valence-electron chi connectivity index (χ3n) is 4.76. The van der Waals surface area contributed by atoms with Crippen molar-refractivity contribution in [1.29, 1.82) is 0 Å². The quantitative estimate of drug-likeness (QED) is 0.534. The fourth-order valence-corrected chi connectivity index (χ4v) is 11.1. The molecule has 0 spiro atoms. The average molecular weight is 412 g/mol. The first-order valence-corrected chi connectivity index (χ1v) is 14.2. The molecule has 0 unspecified atom stereocenters. The molecule has 1 aromatic carbocycles. The van der Waals surface area contributed by atoms with E-state index < -0.39 is 13.7 Å². The van der Waals surface area contributed by atoms with Crippen LogP contribution in [0.1, 0.15) is 34.6 Å². The number of carbonyl (C=O) groups excluding carboxylic acids is 1. The monoisotopic (exact) mass is 412 g/mol. The van der Waals surface area contributed by atoms with Gasteiger partial charge in [0.05, 0.1) is 0 Å². The molecule has 24 heavy (non-hydrogen) atoms. The molecule has 2 nitrogen and oxygen atoms in total. The molecule has 0 bridgehead atoms. The van der Waals surface area contributed by atoms with Crippen LogP contribution in [-0.2, 0) is 9.53 Å². The summed E-state index contributed by atoms with van der Waals surface area (Å²) in [6.45, 7) is 17.7. The second kappa shape index (κ2) is 6.62. The van der Waals surface area contributed by atoms with Gasteiger partial charge < -0.3 is 0 Å². The van der Waals surface area contributed by atoms with E-state index in [9.17, 15) is 4.79 Å². The molecule has 134 valence electrons. The maximum absolute atomic E-state index is 12.7. The van der Waals surface area contributed by atoms with Gasteiger partial charge >= 0.3 is 155 Å². The van der Waals surface area contributed by atoms with Gasteiger partial charge in [-0.25, -0.2) is 0 Å². The van der Waals surface area contributed by atoms with E-state index in [4.69, 9.17) is 4.74 Å². The van der Waals surface area contributed by atoms with Crippen LogP contribution in [0, 0.1) is 17.3 Å². The molecule has 1 aromatic rings. The van der Waals surface area contributed by atoms with Crippen molar-refractivity contribution < 1.29 is 9.53 Å². The summed E-state index contributed by atoms with van der Waals surface area (Å²) < 4.78 is 7.82. The summed E-state index contributed by atoms with van der Waals surface area (Å²) in [6, 6.07) is 10.8. The third kappa shape index (κ3) is 4.53. The van der Waals surface area contributed by atoms with Crippen molar-refractivity contribution in [2.24, 2.45) is 17.3 Å². The zero-order valence-corrected chi connectivity index (χ0v) is 19.1. The van der Waals surface area contributed by atoms with Crippen LogP contribution in [0.3, 0.4) is 0 Å². The number of hydrogen-bond donors (Lipinski definition) is 0. The molecule has 1 fully saturated rings. The predicted molar refractivity (Wildman–Crippen MR) is 106 cm³/mol. The Balaban J connectivity index is 2.22. The van der Waals surface area contributed by atoms with E-state index in [0.29, 0.717) is 25.3 Å². The summed E-state index contributed by atoms with van der Waals surface area (Å²) in [6.07, 6.45) is 0. The summed E-state index contributed by atoms with van der Waals surface area (Å²) in [5.41, 5.74) is -0.344. The molecule has 0 N–H and O–H groups in total. The van der Waals surface area contributed by atoms with Gasteiger partial charge in [0.25, 0.3) is 0 Å². The minimum absolute atomic E-state index is 0.00427. The van der Waals surface area contributed by atoms with Crippen molar-refractivity contribution in [3.63, 3.8) is 0 Å². The van der Waals surface area contributed by atoms with E-state index in [1.807, 2.05) is 20.8 Å². The molecule has 4 heteroatoms. The summed E-state index contributed by atoms with van der Waals surface area (Å²) in [5, 5.41) is 0. The molecular weight excluding hydrogens is 379 g/mol. The summed E-state index contributed by atoms with van der Waals surface area (Å²) in [4.78, 5) is 12.7. The van der Waals surface area contributed by atoms with E-state index >= 15 is 0 Å². The van der Waals surface area contributed by atoms with Gasteiger partial charge in [-0.2, -0.15) is 0 Å². The molecule has 3 atom stereocenters. The first kappa shape index (κ1) is 19.7. The minimum atomic E-state index is -1.39. The van der Waals surface area contributed by atoms with Gasteiger partial charge in [-0.3, -0.25) is 0 Å². The molecule has 2 rings (SSSR count). The van der Waals surface area contributed by atoms with Crippen molar-refractivity contribution in [1.82, 2.24) is 0 Å². The Bertz CT molecular complexity index is 584. The van der Waals surface area contributed by atoms with Crippen molar-refractivity contribution >= 4 is 33.5 Å². The normalized spacial score (nSPS) is 24.3. The number of rotatable bonds is 5. The van der Waals surface area contributed by atoms with Crippen LogP contribution in [0.5, 0.6) is 0 Å². The van der Waals surface area contributed by atoms with Crippen molar-refractivity contribution in [3.8, 4) is 0 Å². The van der Waals surface area contributed by atoms with Crippen LogP contribution < -0.4 is 4.46 Å². The van der Waals surface area contributed by atoms with E-state index in [1.165, 1.54) is 4.46 Å². The Kier molecular flexibility index (Phi) is 5.45. The topological polar surface area (TPSA) is 26.3 Å². The van der Waals surface area contributed by atoms with Crippen molar-refractivity contribution in [2.75, 3.05) is 0 Å². The van der Waals surface area contributed by atoms with Crippen LogP contribution in [-0.4, -0.2) is 34.6 Å². The molecule has 0 amide bonds. The molecule has 1 aliphatic rings. The number of benzene rings is 1. The summed E-state index contributed by atoms with van der Waals surface area (Å²) >= 11 is 0.407. The maximum atomic E-state index is 12.7. The van der Waals surface area contributed by atoms with Crippen molar-refractivity contribution in [2.45, 2.75) is 64.3 Å². The van der Waals surface area contributed by atoms with Crippen molar-refractivity contribution in [3.05, 3.63) is 30.3 Å². The van der Waals surface area contributed by atoms with Crippen LogP contribution in [0.4, 0.5) is 0 Å². The average Bonchev–Trinajstić information content (AvgIpc) is 2.96. The van der Waals surface area contributed by atoms with Gasteiger partial charge in [-0.1, -0.05) is 0 Å². The second-order valence-corrected chi connectivity index (χ2v) is 18.4. The Morgan fingerprint density at radius 1 is 1.17 bits per heavy atom. The first-order valence-electron chi connectivity index (χ1n) is 8.78. The molecule has 1 saturated carbocycles. The van der Waals surface area contributed by atoms with Gasteiger partial charge in [0.15, 0.2) is 0 Å². The van der Waals surface area contributed by atoms with Gasteiger partial charge in [-0.05, 0) is 0 Å². The fourth-order valence-electron chi connectivity index (χ4n) is 3.49. The van der Waals surface area contributed by atoms with E-state index in [2.05, 4.69) is 63.8 Å². The Labute approximate surface area is 154 Å².